The lowest BCUT2D eigenvalue weighted by atomic mass is 9.95. The van der Waals surface area contributed by atoms with Gasteiger partial charge in [0, 0.05) is 43.0 Å². The van der Waals surface area contributed by atoms with E-state index in [0.717, 1.165) is 23.8 Å². The maximum absolute atomic E-state index is 15.2. The molecule has 0 aliphatic heterocycles. The standard InChI is InChI=1S/C35H33F2N7O8S/c1-35(2,3)33(48)40-20-7-9-21(10-8-20)53(50,51)42-26-16-24(36)23(15-25(26)37)30(45)41-27(32(47)52-5)14-19-6-11-29(39-17-19)44-31(46)22-12-13-38-18-28(22)43(4)34(44)49/h6-13,15-18,27,42H,14H2,1-5H3,(H,40,48)(H,41,45)/t27-/m0/s1. The lowest BCUT2D eigenvalue weighted by Gasteiger charge is -2.18. The van der Waals surface area contributed by atoms with Gasteiger partial charge in [0.2, 0.25) is 5.91 Å². The zero-order chi connectivity index (χ0) is 38.8. The summed E-state index contributed by atoms with van der Waals surface area (Å²) in [5, 5.41) is 5.15. The number of halogens is 2. The van der Waals surface area contributed by atoms with Gasteiger partial charge in [0.15, 0.2) is 0 Å². The van der Waals surface area contributed by atoms with Crippen LogP contribution in [0.15, 0.2) is 87.7 Å². The molecule has 2 amide bonds. The number of benzene rings is 2. The lowest BCUT2D eigenvalue weighted by molar-refractivity contribution is -0.142. The number of nitrogens with zero attached hydrogens (tertiary/aromatic N) is 4. The topological polar surface area (TPSA) is 200 Å². The Morgan fingerprint density at radius 3 is 2.28 bits per heavy atom. The van der Waals surface area contributed by atoms with Gasteiger partial charge >= 0.3 is 11.7 Å². The molecule has 15 nitrogen and oxygen atoms in total. The van der Waals surface area contributed by atoms with Crippen molar-refractivity contribution in [1.29, 1.82) is 0 Å². The van der Waals surface area contributed by atoms with E-state index in [1.807, 2.05) is 4.72 Å². The highest BCUT2D eigenvalue weighted by Crippen LogP contribution is 2.25. The SMILES string of the molecule is COC(=O)[C@H](Cc1ccc(-n2c(=O)c3ccncc3n(C)c2=O)nc1)NC(=O)c1cc(F)c(NS(=O)(=O)c2ccc(NC(=O)C(C)(C)C)cc2)cc1F. The van der Waals surface area contributed by atoms with Crippen LogP contribution < -0.4 is 26.6 Å². The van der Waals surface area contributed by atoms with E-state index in [-0.39, 0.29) is 28.4 Å². The van der Waals surface area contributed by atoms with E-state index in [0.29, 0.717) is 28.9 Å². The second kappa shape index (κ2) is 14.7. The van der Waals surface area contributed by atoms with Crippen LogP contribution in [0.3, 0.4) is 0 Å². The molecule has 2 aromatic carbocycles. The summed E-state index contributed by atoms with van der Waals surface area (Å²) in [4.78, 5) is 71.8. The van der Waals surface area contributed by atoms with Crippen molar-refractivity contribution in [2.24, 2.45) is 12.5 Å². The molecular weight excluding hydrogens is 716 g/mol. The number of carbonyl (C=O) groups excluding carboxylic acids is 3. The van der Waals surface area contributed by atoms with Gasteiger partial charge in [0.25, 0.3) is 21.5 Å². The largest absolute Gasteiger partial charge is 0.467 e. The first-order valence-corrected chi connectivity index (χ1v) is 17.2. The van der Waals surface area contributed by atoms with Crippen molar-refractivity contribution in [2.45, 2.75) is 38.1 Å². The Hall–Kier alpha value is -6.30. The number of rotatable bonds is 10. The number of pyridine rings is 2. The third-order valence-corrected chi connectivity index (χ3v) is 9.37. The fraction of sp³-hybridized carbons (Fsp3) is 0.229. The molecular formula is C35H33F2N7O8S. The van der Waals surface area contributed by atoms with Gasteiger partial charge in [-0.15, -0.1) is 0 Å². The van der Waals surface area contributed by atoms with Crippen LogP contribution in [-0.2, 0) is 37.8 Å². The van der Waals surface area contributed by atoms with Crippen LogP contribution in [0.2, 0.25) is 0 Å². The zero-order valence-electron chi connectivity index (χ0n) is 28.9. The van der Waals surface area contributed by atoms with E-state index in [1.54, 1.807) is 20.8 Å². The summed E-state index contributed by atoms with van der Waals surface area (Å²) in [7, 11) is -1.92. The minimum atomic E-state index is -4.44. The predicted octanol–water partition coefficient (Wildman–Crippen LogP) is 3.06. The summed E-state index contributed by atoms with van der Waals surface area (Å²) in [5.74, 6) is -5.09. The van der Waals surface area contributed by atoms with Crippen molar-refractivity contribution in [2.75, 3.05) is 17.1 Å². The number of fused-ring (bicyclic) bond motifs is 1. The quantitative estimate of drug-likeness (QED) is 0.178. The van der Waals surface area contributed by atoms with Gasteiger partial charge in [-0.05, 0) is 48.0 Å². The number of nitrogens with one attached hydrogen (secondary N) is 3. The fourth-order valence-corrected chi connectivity index (χ4v) is 6.07. The smallest absolute Gasteiger partial charge is 0.337 e. The van der Waals surface area contributed by atoms with Gasteiger partial charge in [-0.25, -0.2) is 36.3 Å². The van der Waals surface area contributed by atoms with Crippen molar-refractivity contribution in [3.63, 3.8) is 0 Å². The van der Waals surface area contributed by atoms with Crippen LogP contribution >= 0.6 is 0 Å². The lowest BCUT2D eigenvalue weighted by Crippen LogP contribution is -2.43. The summed E-state index contributed by atoms with van der Waals surface area (Å²) in [6.45, 7) is 5.10. The van der Waals surface area contributed by atoms with E-state index < -0.39 is 67.5 Å². The molecule has 0 aliphatic carbocycles. The molecule has 0 bridgehead atoms. The molecule has 3 aromatic heterocycles. The van der Waals surface area contributed by atoms with Crippen molar-refractivity contribution in [3.05, 3.63) is 117 Å². The van der Waals surface area contributed by atoms with Gasteiger partial charge in [-0.2, -0.15) is 0 Å². The van der Waals surface area contributed by atoms with Crippen LogP contribution in [0.1, 0.15) is 36.7 Å². The zero-order valence-corrected chi connectivity index (χ0v) is 29.7. The van der Waals surface area contributed by atoms with Gasteiger partial charge in [-0.3, -0.25) is 28.7 Å². The van der Waals surface area contributed by atoms with Gasteiger partial charge in [0.05, 0.1) is 40.4 Å². The number of ether oxygens (including phenoxy) is 1. The summed E-state index contributed by atoms with van der Waals surface area (Å²) in [6, 6.07) is 8.77. The van der Waals surface area contributed by atoms with Crippen LogP contribution in [0.5, 0.6) is 0 Å². The van der Waals surface area contributed by atoms with E-state index >= 15 is 8.78 Å². The average Bonchev–Trinajstić information content (AvgIpc) is 3.11. The molecule has 0 spiro atoms. The highest BCUT2D eigenvalue weighted by molar-refractivity contribution is 7.92. The van der Waals surface area contributed by atoms with Crippen LogP contribution in [0, 0.1) is 17.0 Å². The molecule has 0 radical (unpaired) electrons. The normalized spacial score (nSPS) is 12.2. The number of amides is 2. The van der Waals surface area contributed by atoms with Crippen molar-refractivity contribution in [1.82, 2.24) is 24.4 Å². The van der Waals surface area contributed by atoms with E-state index in [2.05, 4.69) is 20.6 Å². The Morgan fingerprint density at radius 2 is 1.66 bits per heavy atom. The van der Waals surface area contributed by atoms with Crippen molar-refractivity contribution < 1.29 is 36.3 Å². The number of hydrogen-bond acceptors (Lipinski definition) is 10. The van der Waals surface area contributed by atoms with Crippen molar-refractivity contribution >= 4 is 50.1 Å². The Morgan fingerprint density at radius 1 is 0.962 bits per heavy atom. The third-order valence-electron chi connectivity index (χ3n) is 7.99. The minimum absolute atomic E-state index is 0.0217. The van der Waals surface area contributed by atoms with Crippen LogP contribution in [0.4, 0.5) is 20.2 Å². The molecule has 5 rings (SSSR count). The summed E-state index contributed by atoms with van der Waals surface area (Å²) >= 11 is 0. The molecule has 0 saturated carbocycles. The Kier molecular flexibility index (Phi) is 10.6. The molecule has 5 aromatic rings. The van der Waals surface area contributed by atoms with Gasteiger partial charge < -0.3 is 15.4 Å². The second-order valence-electron chi connectivity index (χ2n) is 12.8. The highest BCUT2D eigenvalue weighted by Gasteiger charge is 2.27. The number of methoxy groups -OCH3 is 1. The van der Waals surface area contributed by atoms with Crippen LogP contribution in [0.25, 0.3) is 16.7 Å². The number of hydrogen-bond donors (Lipinski definition) is 3. The number of sulfonamides is 1. The number of carbonyl (C=O) groups is 3. The van der Waals surface area contributed by atoms with Gasteiger partial charge in [-0.1, -0.05) is 26.8 Å². The molecule has 276 valence electrons. The predicted molar refractivity (Wildman–Crippen MR) is 189 cm³/mol. The molecule has 18 heteroatoms. The number of esters is 1. The number of anilines is 2. The monoisotopic (exact) mass is 749 g/mol. The molecule has 3 N–H and O–H groups in total. The summed E-state index contributed by atoms with van der Waals surface area (Å²) < 4.78 is 65.0. The molecule has 0 saturated heterocycles. The first-order chi connectivity index (χ1) is 24.9. The molecule has 0 unspecified atom stereocenters. The van der Waals surface area contributed by atoms with Gasteiger partial charge in [0.1, 0.15) is 23.5 Å². The number of aryl methyl sites for hydroxylation is 1. The Balaban J connectivity index is 1.31. The second-order valence-corrected chi connectivity index (χ2v) is 14.5. The molecule has 53 heavy (non-hydrogen) atoms. The summed E-state index contributed by atoms with van der Waals surface area (Å²) in [6.07, 6.45) is 3.81. The molecule has 0 aliphatic rings. The Labute approximate surface area is 300 Å². The molecule has 3 heterocycles. The average molecular weight is 750 g/mol. The van der Waals surface area contributed by atoms with Crippen molar-refractivity contribution in [3.8, 4) is 5.82 Å². The molecule has 0 fully saturated rings. The minimum Gasteiger partial charge on any atom is -0.467 e. The maximum atomic E-state index is 15.2. The molecule has 1 atom stereocenters. The first-order valence-electron chi connectivity index (χ1n) is 15.7. The van der Waals surface area contributed by atoms with E-state index in [4.69, 9.17) is 4.74 Å². The van der Waals surface area contributed by atoms with Crippen LogP contribution in [-0.4, -0.2) is 58.5 Å². The maximum Gasteiger partial charge on any atom is 0.337 e. The van der Waals surface area contributed by atoms with E-state index in [9.17, 15) is 32.4 Å². The Bertz CT molecular complexity index is 2480. The number of aromatic nitrogens is 4. The first kappa shape index (κ1) is 37.9. The fourth-order valence-electron chi connectivity index (χ4n) is 5.01. The summed E-state index contributed by atoms with van der Waals surface area (Å²) in [5.41, 5.74) is -2.67. The van der Waals surface area contributed by atoms with E-state index in [1.165, 1.54) is 60.5 Å². The third kappa shape index (κ3) is 8.12. The highest BCUT2D eigenvalue weighted by atomic mass is 32.2.